The Hall–Kier alpha value is -2.17. The summed E-state index contributed by atoms with van der Waals surface area (Å²) in [7, 11) is 0. The second-order valence-electron chi connectivity index (χ2n) is 3.14. The monoisotopic (exact) mass is 204 g/mol. The Kier molecular flexibility index (Phi) is 2.00. The van der Waals surface area contributed by atoms with Crippen LogP contribution in [-0.2, 0) is 4.79 Å². The molecule has 1 amide bonds. The third-order valence-corrected chi connectivity index (χ3v) is 2.29. The first-order valence-electron chi connectivity index (χ1n) is 4.40. The maximum atomic E-state index is 11.4. The molecule has 1 aromatic carbocycles. The van der Waals surface area contributed by atoms with E-state index < -0.39 is 4.92 Å². The first kappa shape index (κ1) is 9.39. The minimum Gasteiger partial charge on any atom is -0.321 e. The van der Waals surface area contributed by atoms with E-state index in [-0.39, 0.29) is 11.6 Å². The molecule has 0 fully saturated rings. The van der Waals surface area contributed by atoms with Crippen LogP contribution in [0.5, 0.6) is 0 Å². The summed E-state index contributed by atoms with van der Waals surface area (Å²) in [6.07, 6.45) is 1.64. The Balaban J connectivity index is 2.59. The van der Waals surface area contributed by atoms with Gasteiger partial charge in [-0.05, 0) is 13.0 Å². The first-order valence-corrected chi connectivity index (χ1v) is 4.40. The Bertz CT molecular complexity index is 491. The van der Waals surface area contributed by atoms with Gasteiger partial charge in [0.05, 0.1) is 4.92 Å². The van der Waals surface area contributed by atoms with Crippen molar-refractivity contribution in [3.63, 3.8) is 0 Å². The van der Waals surface area contributed by atoms with Gasteiger partial charge in [0, 0.05) is 29.0 Å². The van der Waals surface area contributed by atoms with Crippen LogP contribution in [0.15, 0.2) is 24.3 Å². The molecule has 0 aromatic heterocycles. The van der Waals surface area contributed by atoms with Gasteiger partial charge in [-0.25, -0.2) is 0 Å². The summed E-state index contributed by atoms with van der Waals surface area (Å²) in [4.78, 5) is 21.5. The van der Waals surface area contributed by atoms with Crippen molar-refractivity contribution in [1.82, 2.24) is 0 Å². The molecule has 0 bridgehead atoms. The van der Waals surface area contributed by atoms with Crippen molar-refractivity contribution in [2.45, 2.75) is 6.92 Å². The molecule has 0 aliphatic carbocycles. The van der Waals surface area contributed by atoms with Gasteiger partial charge < -0.3 is 5.32 Å². The number of non-ortho nitro benzene ring substituents is 1. The van der Waals surface area contributed by atoms with Crippen LogP contribution in [0, 0.1) is 10.1 Å². The molecule has 0 spiro atoms. The molecule has 0 unspecified atom stereocenters. The smallest absolute Gasteiger partial charge is 0.270 e. The fraction of sp³-hybridized carbons (Fsp3) is 0.100. The van der Waals surface area contributed by atoms with Gasteiger partial charge in [-0.3, -0.25) is 14.9 Å². The van der Waals surface area contributed by atoms with Gasteiger partial charge in [0.15, 0.2) is 0 Å². The predicted molar refractivity (Wildman–Crippen MR) is 55.4 cm³/mol. The van der Waals surface area contributed by atoms with Crippen LogP contribution < -0.4 is 5.32 Å². The Morgan fingerprint density at radius 3 is 2.80 bits per heavy atom. The van der Waals surface area contributed by atoms with Gasteiger partial charge in [0.2, 0.25) is 0 Å². The highest BCUT2D eigenvalue weighted by atomic mass is 16.6. The van der Waals surface area contributed by atoms with Gasteiger partial charge in [0.1, 0.15) is 0 Å². The van der Waals surface area contributed by atoms with Crippen LogP contribution in [0.4, 0.5) is 11.4 Å². The van der Waals surface area contributed by atoms with Crippen LogP contribution in [0.3, 0.4) is 0 Å². The van der Waals surface area contributed by atoms with Gasteiger partial charge >= 0.3 is 0 Å². The average molecular weight is 204 g/mol. The minimum atomic E-state index is -0.476. The van der Waals surface area contributed by atoms with Crippen molar-refractivity contribution in [1.29, 1.82) is 0 Å². The fourth-order valence-electron chi connectivity index (χ4n) is 1.58. The summed E-state index contributed by atoms with van der Waals surface area (Å²) in [5.74, 6) is -0.215. The van der Waals surface area contributed by atoms with E-state index in [4.69, 9.17) is 0 Å². The van der Waals surface area contributed by atoms with Crippen molar-refractivity contribution >= 4 is 22.9 Å². The van der Waals surface area contributed by atoms with E-state index in [1.54, 1.807) is 19.1 Å². The molecule has 1 aliphatic heterocycles. The highest BCUT2D eigenvalue weighted by molar-refractivity contribution is 6.31. The lowest BCUT2D eigenvalue weighted by molar-refractivity contribution is -0.384. The number of nitrogens with one attached hydrogen (secondary N) is 1. The van der Waals surface area contributed by atoms with Gasteiger partial charge in [0.25, 0.3) is 11.6 Å². The lowest BCUT2D eigenvalue weighted by Gasteiger charge is -1.97. The average Bonchev–Trinajstić information content (AvgIpc) is 2.51. The number of rotatable bonds is 1. The SMILES string of the molecule is C/C=C1\C(=O)Nc2ccc([N+](=O)[O-])cc21. The number of anilines is 1. The largest absolute Gasteiger partial charge is 0.321 e. The molecule has 1 N–H and O–H groups in total. The predicted octanol–water partition coefficient (Wildman–Crippen LogP) is 1.95. The number of nitro benzene ring substituents is 1. The zero-order valence-electron chi connectivity index (χ0n) is 7.98. The van der Waals surface area contributed by atoms with E-state index in [1.807, 2.05) is 0 Å². The summed E-state index contributed by atoms with van der Waals surface area (Å²) in [5.41, 5.74) is 1.69. The fourth-order valence-corrected chi connectivity index (χ4v) is 1.58. The molecule has 0 radical (unpaired) electrons. The number of nitro groups is 1. The molecular weight excluding hydrogens is 196 g/mol. The Morgan fingerprint density at radius 1 is 1.47 bits per heavy atom. The van der Waals surface area contributed by atoms with Crippen molar-refractivity contribution in [2.75, 3.05) is 5.32 Å². The van der Waals surface area contributed by atoms with Crippen LogP contribution >= 0.6 is 0 Å². The number of hydrogen-bond acceptors (Lipinski definition) is 3. The van der Waals surface area contributed by atoms with E-state index in [9.17, 15) is 14.9 Å². The Morgan fingerprint density at radius 2 is 2.20 bits per heavy atom. The van der Waals surface area contributed by atoms with Gasteiger partial charge in [-0.2, -0.15) is 0 Å². The van der Waals surface area contributed by atoms with Gasteiger partial charge in [-0.15, -0.1) is 0 Å². The van der Waals surface area contributed by atoms with E-state index in [1.165, 1.54) is 12.1 Å². The maximum Gasteiger partial charge on any atom is 0.270 e. The summed E-state index contributed by atoms with van der Waals surface area (Å²) in [6.45, 7) is 1.73. The zero-order chi connectivity index (χ0) is 11.0. The zero-order valence-corrected chi connectivity index (χ0v) is 7.98. The van der Waals surface area contributed by atoms with Crippen LogP contribution in [-0.4, -0.2) is 10.8 Å². The van der Waals surface area contributed by atoms with E-state index in [0.717, 1.165) is 0 Å². The number of allylic oxidation sites excluding steroid dienone is 1. The molecule has 5 heteroatoms. The molecule has 2 rings (SSSR count). The van der Waals surface area contributed by atoms with E-state index in [2.05, 4.69) is 5.32 Å². The maximum absolute atomic E-state index is 11.4. The molecule has 5 nitrogen and oxygen atoms in total. The van der Waals surface area contributed by atoms with Gasteiger partial charge in [-0.1, -0.05) is 6.08 Å². The second kappa shape index (κ2) is 3.20. The molecule has 76 valence electrons. The summed E-state index contributed by atoms with van der Waals surface area (Å²) in [5, 5.41) is 13.2. The number of amides is 1. The molecule has 1 aliphatic rings. The number of benzene rings is 1. The number of carbonyl (C=O) groups excluding carboxylic acids is 1. The van der Waals surface area contributed by atoms with Crippen LogP contribution in [0.25, 0.3) is 5.57 Å². The molecule has 0 atom stereocenters. The van der Waals surface area contributed by atoms with Crippen LogP contribution in [0.1, 0.15) is 12.5 Å². The van der Waals surface area contributed by atoms with Crippen molar-refractivity contribution in [3.8, 4) is 0 Å². The van der Waals surface area contributed by atoms with Crippen LogP contribution in [0.2, 0.25) is 0 Å². The van der Waals surface area contributed by atoms with E-state index in [0.29, 0.717) is 16.8 Å². The van der Waals surface area contributed by atoms with Crippen molar-refractivity contribution < 1.29 is 9.72 Å². The number of carbonyl (C=O) groups is 1. The molecular formula is C10H8N2O3. The third-order valence-electron chi connectivity index (χ3n) is 2.29. The molecule has 1 aromatic rings. The highest BCUT2D eigenvalue weighted by Crippen LogP contribution is 2.34. The standard InChI is InChI=1S/C10H8N2O3/c1-2-7-8-5-6(12(14)15)3-4-9(8)11-10(7)13/h2-5H,1H3,(H,11,13)/b7-2-. The quantitative estimate of drug-likeness (QED) is 0.431. The third kappa shape index (κ3) is 1.38. The molecule has 0 saturated heterocycles. The molecule has 15 heavy (non-hydrogen) atoms. The molecule has 1 heterocycles. The first-order chi connectivity index (χ1) is 7.13. The topological polar surface area (TPSA) is 72.2 Å². The lowest BCUT2D eigenvalue weighted by atomic mass is 10.1. The number of nitrogens with zero attached hydrogens (tertiary/aromatic N) is 1. The Labute approximate surface area is 85.6 Å². The lowest BCUT2D eigenvalue weighted by Crippen LogP contribution is -2.03. The molecule has 0 saturated carbocycles. The van der Waals surface area contributed by atoms with E-state index >= 15 is 0 Å². The highest BCUT2D eigenvalue weighted by Gasteiger charge is 2.25. The van der Waals surface area contributed by atoms with Crippen molar-refractivity contribution in [2.24, 2.45) is 0 Å². The summed E-state index contributed by atoms with van der Waals surface area (Å²) >= 11 is 0. The number of hydrogen-bond donors (Lipinski definition) is 1. The minimum absolute atomic E-state index is 0.00963. The van der Waals surface area contributed by atoms with Crippen molar-refractivity contribution in [3.05, 3.63) is 40.0 Å². The normalized spacial score (nSPS) is 16.3. The number of fused-ring (bicyclic) bond motifs is 1. The second-order valence-corrected chi connectivity index (χ2v) is 3.14. The summed E-state index contributed by atoms with van der Waals surface area (Å²) in [6, 6.07) is 4.32. The summed E-state index contributed by atoms with van der Waals surface area (Å²) < 4.78 is 0.